The number of benzene rings is 1. The fourth-order valence-corrected chi connectivity index (χ4v) is 6.67. The standard InChI is InChI=1S/C26H37N5O3S.2CH2O2/c1-33-23-4-2-21(3-5-23)24-28-26(34-29-24)31-12-7-22(8-13-31)25(32)27-16-20-6-11-30(18-20)17-19-9-14-35-15-10-19;2*2-1-3/h2-5,19-20,22H,6-18H2,1H3,(H,27,32);2*1H,(H,2,3). The fourth-order valence-electron chi connectivity index (χ4n) is 5.46. The fraction of sp³-hybridized carbons (Fsp3) is 0.607. The quantitative estimate of drug-likeness (QED) is 0.386. The first-order chi connectivity index (χ1) is 20.0. The van der Waals surface area contributed by atoms with Crippen molar-refractivity contribution in [1.82, 2.24) is 20.4 Å². The summed E-state index contributed by atoms with van der Waals surface area (Å²) in [5.74, 6) is 5.74. The van der Waals surface area contributed by atoms with Crippen LogP contribution in [0.15, 0.2) is 28.8 Å². The van der Waals surface area contributed by atoms with Crippen LogP contribution in [0.2, 0.25) is 0 Å². The summed E-state index contributed by atoms with van der Waals surface area (Å²) in [7, 11) is 1.64. The number of rotatable bonds is 8. The number of carboxylic acid groups (broad SMARTS) is 2. The van der Waals surface area contributed by atoms with Gasteiger partial charge in [-0.3, -0.25) is 14.4 Å². The number of anilines is 1. The molecule has 226 valence electrons. The second-order valence-electron chi connectivity index (χ2n) is 10.3. The summed E-state index contributed by atoms with van der Waals surface area (Å²) in [5, 5.41) is 21.2. The summed E-state index contributed by atoms with van der Waals surface area (Å²) in [6.45, 7) is 5.38. The minimum Gasteiger partial charge on any atom is -0.497 e. The number of nitrogens with one attached hydrogen (secondary N) is 1. The van der Waals surface area contributed by atoms with Crippen LogP contribution in [0.5, 0.6) is 5.75 Å². The lowest BCUT2D eigenvalue weighted by Crippen LogP contribution is -2.42. The first-order valence-corrected chi connectivity index (χ1v) is 15.1. The lowest BCUT2D eigenvalue weighted by molar-refractivity contribution is -0.126. The number of ether oxygens (including phenoxy) is 1. The molecule has 3 fully saturated rings. The number of piperidine rings is 1. The molecule has 0 radical (unpaired) electrons. The molecule has 1 aromatic carbocycles. The molecular formula is C28H41N5O7S. The van der Waals surface area contributed by atoms with Crippen LogP contribution in [0.4, 0.5) is 6.01 Å². The molecule has 3 aliphatic rings. The Morgan fingerprint density at radius 1 is 1.05 bits per heavy atom. The molecule has 0 aliphatic carbocycles. The van der Waals surface area contributed by atoms with Crippen LogP contribution in [-0.4, -0.2) is 102 Å². The van der Waals surface area contributed by atoms with Crippen LogP contribution < -0.4 is 15.0 Å². The summed E-state index contributed by atoms with van der Waals surface area (Å²) < 4.78 is 10.7. The monoisotopic (exact) mass is 591 g/mol. The van der Waals surface area contributed by atoms with E-state index < -0.39 is 0 Å². The van der Waals surface area contributed by atoms with E-state index in [0.29, 0.717) is 17.8 Å². The van der Waals surface area contributed by atoms with Gasteiger partial charge in [0.25, 0.3) is 12.9 Å². The van der Waals surface area contributed by atoms with E-state index in [4.69, 9.17) is 29.1 Å². The minimum atomic E-state index is -0.250. The van der Waals surface area contributed by atoms with E-state index in [-0.39, 0.29) is 24.8 Å². The highest BCUT2D eigenvalue weighted by atomic mass is 32.2. The van der Waals surface area contributed by atoms with Gasteiger partial charge in [0.1, 0.15) is 5.75 Å². The predicted octanol–water partition coefficient (Wildman–Crippen LogP) is 2.94. The number of nitrogens with zero attached hydrogens (tertiary/aromatic N) is 4. The molecule has 3 saturated heterocycles. The van der Waals surface area contributed by atoms with E-state index in [0.717, 1.165) is 56.3 Å². The van der Waals surface area contributed by atoms with Gasteiger partial charge in [0.2, 0.25) is 11.7 Å². The van der Waals surface area contributed by atoms with Crippen molar-refractivity contribution < 1.29 is 33.9 Å². The van der Waals surface area contributed by atoms with Crippen LogP contribution in [0.25, 0.3) is 11.4 Å². The normalized spacial score (nSPS) is 19.7. The van der Waals surface area contributed by atoms with Crippen LogP contribution in [0, 0.1) is 17.8 Å². The van der Waals surface area contributed by atoms with Crippen LogP contribution in [0.3, 0.4) is 0 Å². The third kappa shape index (κ3) is 10.2. The van der Waals surface area contributed by atoms with E-state index in [9.17, 15) is 4.79 Å². The minimum absolute atomic E-state index is 0.0625. The van der Waals surface area contributed by atoms with Gasteiger partial charge >= 0.3 is 6.01 Å². The number of thioether (sulfide) groups is 1. The van der Waals surface area contributed by atoms with E-state index in [1.807, 2.05) is 24.3 Å². The van der Waals surface area contributed by atoms with Crippen molar-refractivity contribution in [3.05, 3.63) is 24.3 Å². The Morgan fingerprint density at radius 3 is 2.34 bits per heavy atom. The summed E-state index contributed by atoms with van der Waals surface area (Å²) in [4.78, 5) is 38.8. The van der Waals surface area contributed by atoms with E-state index in [1.54, 1.807) is 7.11 Å². The molecule has 1 unspecified atom stereocenters. The molecular weight excluding hydrogens is 550 g/mol. The highest BCUT2D eigenvalue weighted by Gasteiger charge is 2.30. The van der Waals surface area contributed by atoms with Crippen molar-refractivity contribution in [1.29, 1.82) is 0 Å². The average molecular weight is 592 g/mol. The predicted molar refractivity (Wildman–Crippen MR) is 156 cm³/mol. The Labute approximate surface area is 244 Å². The van der Waals surface area contributed by atoms with Gasteiger partial charge in [0, 0.05) is 44.2 Å². The first kappa shape index (κ1) is 32.2. The van der Waals surface area contributed by atoms with Gasteiger partial charge in [-0.05, 0) is 86.3 Å². The maximum atomic E-state index is 12.8. The first-order valence-electron chi connectivity index (χ1n) is 14.0. The summed E-state index contributed by atoms with van der Waals surface area (Å²) in [5.41, 5.74) is 0.887. The summed E-state index contributed by atoms with van der Waals surface area (Å²) >= 11 is 2.10. The van der Waals surface area contributed by atoms with Gasteiger partial charge in [-0.2, -0.15) is 16.7 Å². The number of carbonyl (C=O) groups excluding carboxylic acids is 1. The second kappa shape index (κ2) is 17.5. The molecule has 1 atom stereocenters. The molecule has 3 N–H and O–H groups in total. The highest BCUT2D eigenvalue weighted by Crippen LogP contribution is 2.27. The van der Waals surface area contributed by atoms with Gasteiger partial charge in [-0.1, -0.05) is 5.16 Å². The highest BCUT2D eigenvalue weighted by molar-refractivity contribution is 7.99. The molecule has 4 heterocycles. The van der Waals surface area contributed by atoms with Gasteiger partial charge in [-0.25, -0.2) is 0 Å². The zero-order valence-electron chi connectivity index (χ0n) is 23.5. The van der Waals surface area contributed by atoms with E-state index in [2.05, 4.69) is 37.0 Å². The number of likely N-dealkylation sites (tertiary alicyclic amines) is 1. The Balaban J connectivity index is 0.000000710. The number of methoxy groups -OCH3 is 1. The molecule has 0 bridgehead atoms. The van der Waals surface area contributed by atoms with Gasteiger partial charge in [0.15, 0.2) is 0 Å². The van der Waals surface area contributed by atoms with Crippen molar-refractivity contribution in [3.8, 4) is 17.1 Å². The third-order valence-corrected chi connectivity index (χ3v) is 8.74. The molecule has 3 aliphatic heterocycles. The van der Waals surface area contributed by atoms with Crippen molar-refractivity contribution >= 4 is 36.6 Å². The molecule has 12 nitrogen and oxygen atoms in total. The maximum Gasteiger partial charge on any atom is 0.324 e. The Bertz CT molecular complexity index is 1050. The Kier molecular flexibility index (Phi) is 13.7. The van der Waals surface area contributed by atoms with Gasteiger partial charge in [-0.15, -0.1) is 0 Å². The van der Waals surface area contributed by atoms with Gasteiger partial charge in [0.05, 0.1) is 7.11 Å². The number of carbonyl (C=O) groups is 3. The van der Waals surface area contributed by atoms with E-state index in [1.165, 1.54) is 43.9 Å². The molecule has 1 aromatic heterocycles. The number of aromatic nitrogens is 2. The lowest BCUT2D eigenvalue weighted by Gasteiger charge is -2.30. The molecule has 13 heteroatoms. The molecule has 1 amide bonds. The van der Waals surface area contributed by atoms with E-state index >= 15 is 0 Å². The zero-order chi connectivity index (χ0) is 29.5. The third-order valence-electron chi connectivity index (χ3n) is 7.69. The second-order valence-corrected chi connectivity index (χ2v) is 11.5. The molecule has 0 saturated carbocycles. The van der Waals surface area contributed by atoms with Crippen LogP contribution in [-0.2, 0) is 14.4 Å². The van der Waals surface area contributed by atoms with Crippen molar-refractivity contribution in [3.63, 3.8) is 0 Å². The summed E-state index contributed by atoms with van der Waals surface area (Å²) in [6.07, 6.45) is 5.56. The lowest BCUT2D eigenvalue weighted by atomic mass is 9.96. The van der Waals surface area contributed by atoms with Crippen molar-refractivity contribution in [2.24, 2.45) is 17.8 Å². The average Bonchev–Trinajstić information content (AvgIpc) is 3.68. The number of hydrogen-bond acceptors (Lipinski definition) is 10. The molecule has 5 rings (SSSR count). The maximum absolute atomic E-state index is 12.8. The number of hydrogen-bond donors (Lipinski definition) is 3. The van der Waals surface area contributed by atoms with Gasteiger partial charge < -0.3 is 34.6 Å². The van der Waals surface area contributed by atoms with Crippen LogP contribution >= 0.6 is 11.8 Å². The van der Waals surface area contributed by atoms with Crippen LogP contribution in [0.1, 0.15) is 32.1 Å². The Morgan fingerprint density at radius 2 is 1.71 bits per heavy atom. The largest absolute Gasteiger partial charge is 0.497 e. The topological polar surface area (TPSA) is 158 Å². The number of amides is 1. The summed E-state index contributed by atoms with van der Waals surface area (Å²) in [6, 6.07) is 8.13. The zero-order valence-corrected chi connectivity index (χ0v) is 24.3. The molecule has 2 aromatic rings. The Hall–Kier alpha value is -3.32. The van der Waals surface area contributed by atoms with Crippen molar-refractivity contribution in [2.75, 3.05) is 62.8 Å². The molecule has 0 spiro atoms. The SMILES string of the molecule is COc1ccc(-c2noc(N3CCC(C(=O)NCC4CCN(CC5CCSCC5)C4)CC3)n2)cc1.O=CO.O=CO. The smallest absolute Gasteiger partial charge is 0.324 e. The molecule has 41 heavy (non-hydrogen) atoms. The van der Waals surface area contributed by atoms with Crippen molar-refractivity contribution in [2.45, 2.75) is 32.1 Å².